The van der Waals surface area contributed by atoms with E-state index in [1.54, 1.807) is 0 Å². The SMILES string of the molecule is CCCCC1C[C@H](n2ccc(=O)[nH]c2=O)O[C@@H]1CO. The van der Waals surface area contributed by atoms with Crippen molar-refractivity contribution in [1.82, 2.24) is 9.55 Å². The molecule has 1 aromatic rings. The maximum atomic E-state index is 11.7. The Bertz CT molecular complexity index is 522. The second kappa shape index (κ2) is 6.16. The molecule has 1 aromatic heterocycles. The van der Waals surface area contributed by atoms with E-state index in [4.69, 9.17) is 4.74 Å². The molecule has 0 bridgehead atoms. The van der Waals surface area contributed by atoms with Gasteiger partial charge in [-0.1, -0.05) is 19.8 Å². The molecule has 2 N–H and O–H groups in total. The summed E-state index contributed by atoms with van der Waals surface area (Å²) in [6, 6.07) is 1.30. The van der Waals surface area contributed by atoms with Gasteiger partial charge in [-0.3, -0.25) is 14.3 Å². The molecule has 1 saturated heterocycles. The van der Waals surface area contributed by atoms with Crippen molar-refractivity contribution in [2.75, 3.05) is 6.61 Å². The molecule has 1 unspecified atom stereocenters. The van der Waals surface area contributed by atoms with Crippen molar-refractivity contribution in [2.45, 2.75) is 44.9 Å². The standard InChI is InChI=1S/C13H20N2O4/c1-2-3-4-9-7-12(19-10(9)8-16)15-6-5-11(17)14-13(15)18/h5-6,9-10,12,16H,2-4,7-8H2,1H3,(H,14,17,18)/t9?,10-,12-/m1/s1. The summed E-state index contributed by atoms with van der Waals surface area (Å²) >= 11 is 0. The number of aliphatic hydroxyl groups is 1. The molecule has 2 heterocycles. The van der Waals surface area contributed by atoms with Gasteiger partial charge in [0.2, 0.25) is 0 Å². The summed E-state index contributed by atoms with van der Waals surface area (Å²) in [5.74, 6) is 0.258. The van der Waals surface area contributed by atoms with Crippen LogP contribution >= 0.6 is 0 Å². The van der Waals surface area contributed by atoms with Crippen LogP contribution in [0.1, 0.15) is 38.8 Å². The van der Waals surface area contributed by atoms with E-state index in [2.05, 4.69) is 11.9 Å². The van der Waals surface area contributed by atoms with Gasteiger partial charge < -0.3 is 9.84 Å². The van der Waals surface area contributed by atoms with Crippen LogP contribution in [-0.2, 0) is 4.74 Å². The van der Waals surface area contributed by atoms with Gasteiger partial charge in [0.05, 0.1) is 12.7 Å². The van der Waals surface area contributed by atoms with Crippen LogP contribution in [0, 0.1) is 5.92 Å². The first-order valence-electron chi connectivity index (χ1n) is 6.73. The zero-order valence-corrected chi connectivity index (χ0v) is 11.0. The number of aromatic nitrogens is 2. The van der Waals surface area contributed by atoms with Crippen molar-refractivity contribution >= 4 is 0 Å². The molecule has 0 aromatic carbocycles. The maximum absolute atomic E-state index is 11.7. The van der Waals surface area contributed by atoms with E-state index in [0.29, 0.717) is 6.42 Å². The molecular formula is C13H20N2O4. The number of nitrogens with zero attached hydrogens (tertiary/aromatic N) is 1. The summed E-state index contributed by atoms with van der Waals surface area (Å²) in [4.78, 5) is 25.0. The third kappa shape index (κ3) is 3.13. The number of rotatable bonds is 5. The van der Waals surface area contributed by atoms with Gasteiger partial charge >= 0.3 is 5.69 Å². The lowest BCUT2D eigenvalue weighted by molar-refractivity contribution is -0.0333. The largest absolute Gasteiger partial charge is 0.394 e. The maximum Gasteiger partial charge on any atom is 0.330 e. The molecule has 0 radical (unpaired) electrons. The average Bonchev–Trinajstić information content (AvgIpc) is 2.79. The molecule has 106 valence electrons. The highest BCUT2D eigenvalue weighted by Crippen LogP contribution is 2.35. The highest BCUT2D eigenvalue weighted by Gasteiger charge is 2.35. The van der Waals surface area contributed by atoms with Gasteiger partial charge in [0.15, 0.2) is 0 Å². The van der Waals surface area contributed by atoms with E-state index in [-0.39, 0.29) is 18.6 Å². The first-order chi connectivity index (χ1) is 9.15. The average molecular weight is 268 g/mol. The summed E-state index contributed by atoms with van der Waals surface area (Å²) in [5, 5.41) is 9.34. The first kappa shape index (κ1) is 14.0. The molecule has 0 spiro atoms. The predicted octanol–water partition coefficient (Wildman–Crippen LogP) is 0.623. The van der Waals surface area contributed by atoms with Crippen molar-refractivity contribution in [1.29, 1.82) is 0 Å². The topological polar surface area (TPSA) is 84.3 Å². The summed E-state index contributed by atoms with van der Waals surface area (Å²) < 4.78 is 7.10. The van der Waals surface area contributed by atoms with Crippen LogP contribution in [0.15, 0.2) is 21.9 Å². The van der Waals surface area contributed by atoms with Crippen LogP contribution in [0.25, 0.3) is 0 Å². The summed E-state index contributed by atoms with van der Waals surface area (Å²) in [5.41, 5.74) is -0.884. The number of hydrogen-bond donors (Lipinski definition) is 2. The second-order valence-corrected chi connectivity index (χ2v) is 4.97. The molecule has 3 atom stereocenters. The Labute approximate surface area is 111 Å². The Morgan fingerprint density at radius 2 is 2.32 bits per heavy atom. The van der Waals surface area contributed by atoms with Crippen molar-refractivity contribution in [3.05, 3.63) is 33.1 Å². The van der Waals surface area contributed by atoms with Crippen LogP contribution in [-0.4, -0.2) is 27.4 Å². The fraction of sp³-hybridized carbons (Fsp3) is 0.692. The lowest BCUT2D eigenvalue weighted by Gasteiger charge is -2.15. The molecule has 1 aliphatic heterocycles. The van der Waals surface area contributed by atoms with Gasteiger partial charge in [0, 0.05) is 12.3 Å². The fourth-order valence-electron chi connectivity index (χ4n) is 2.57. The monoisotopic (exact) mass is 268 g/mol. The van der Waals surface area contributed by atoms with E-state index in [1.807, 2.05) is 0 Å². The highest BCUT2D eigenvalue weighted by atomic mass is 16.5. The van der Waals surface area contributed by atoms with Gasteiger partial charge in [-0.2, -0.15) is 0 Å². The fourth-order valence-corrected chi connectivity index (χ4v) is 2.57. The molecule has 1 fully saturated rings. The van der Waals surface area contributed by atoms with Crippen LogP contribution in [0.2, 0.25) is 0 Å². The minimum Gasteiger partial charge on any atom is -0.394 e. The van der Waals surface area contributed by atoms with Crippen LogP contribution in [0.5, 0.6) is 0 Å². The van der Waals surface area contributed by atoms with Gasteiger partial charge in [-0.15, -0.1) is 0 Å². The Balaban J connectivity index is 2.14. The van der Waals surface area contributed by atoms with E-state index in [0.717, 1.165) is 19.3 Å². The molecule has 6 heteroatoms. The van der Waals surface area contributed by atoms with Crippen LogP contribution in [0.3, 0.4) is 0 Å². The molecule has 0 saturated carbocycles. The first-order valence-corrected chi connectivity index (χ1v) is 6.73. The van der Waals surface area contributed by atoms with E-state index in [9.17, 15) is 14.7 Å². The molecule has 19 heavy (non-hydrogen) atoms. The third-order valence-corrected chi connectivity index (χ3v) is 3.63. The third-order valence-electron chi connectivity index (χ3n) is 3.63. The number of unbranched alkanes of at least 4 members (excludes halogenated alkanes) is 1. The van der Waals surface area contributed by atoms with Gasteiger partial charge in [-0.25, -0.2) is 4.79 Å². The Morgan fingerprint density at radius 1 is 1.53 bits per heavy atom. The van der Waals surface area contributed by atoms with E-state index < -0.39 is 17.5 Å². The van der Waals surface area contributed by atoms with Gasteiger partial charge in [0.25, 0.3) is 5.56 Å². The number of H-pyrrole nitrogens is 1. The number of aromatic amines is 1. The number of nitrogens with one attached hydrogen (secondary N) is 1. The smallest absolute Gasteiger partial charge is 0.330 e. The van der Waals surface area contributed by atoms with Crippen molar-refractivity contribution in [2.24, 2.45) is 5.92 Å². The Morgan fingerprint density at radius 3 is 2.95 bits per heavy atom. The lowest BCUT2D eigenvalue weighted by atomic mass is 9.95. The second-order valence-electron chi connectivity index (χ2n) is 4.97. The predicted molar refractivity (Wildman–Crippen MR) is 70.0 cm³/mol. The summed E-state index contributed by atoms with van der Waals surface area (Å²) in [6.45, 7) is 2.08. The van der Waals surface area contributed by atoms with Crippen LogP contribution < -0.4 is 11.2 Å². The van der Waals surface area contributed by atoms with Gasteiger partial charge in [0.1, 0.15) is 6.23 Å². The molecule has 0 aliphatic carbocycles. The normalized spacial score (nSPS) is 26.7. The summed E-state index contributed by atoms with van der Waals surface area (Å²) in [7, 11) is 0. The number of ether oxygens (including phenoxy) is 1. The molecule has 1 aliphatic rings. The van der Waals surface area contributed by atoms with Crippen molar-refractivity contribution < 1.29 is 9.84 Å². The zero-order valence-electron chi connectivity index (χ0n) is 11.0. The molecule has 0 amide bonds. The van der Waals surface area contributed by atoms with Gasteiger partial charge in [-0.05, 0) is 18.8 Å². The number of hydrogen-bond acceptors (Lipinski definition) is 4. The zero-order chi connectivity index (χ0) is 13.8. The highest BCUT2D eigenvalue weighted by molar-refractivity contribution is 4.88. The van der Waals surface area contributed by atoms with Crippen molar-refractivity contribution in [3.63, 3.8) is 0 Å². The van der Waals surface area contributed by atoms with Crippen LogP contribution in [0.4, 0.5) is 0 Å². The molecular weight excluding hydrogens is 248 g/mol. The Hall–Kier alpha value is -1.40. The minimum atomic E-state index is -0.467. The quantitative estimate of drug-likeness (QED) is 0.820. The summed E-state index contributed by atoms with van der Waals surface area (Å²) in [6.07, 6.45) is 4.67. The Kier molecular flexibility index (Phi) is 4.55. The van der Waals surface area contributed by atoms with E-state index in [1.165, 1.54) is 16.8 Å². The van der Waals surface area contributed by atoms with Crippen molar-refractivity contribution in [3.8, 4) is 0 Å². The molecule has 2 rings (SSSR count). The minimum absolute atomic E-state index is 0.0387. The molecule has 6 nitrogen and oxygen atoms in total. The van der Waals surface area contributed by atoms with E-state index >= 15 is 0 Å². The number of aliphatic hydroxyl groups excluding tert-OH is 1. The lowest BCUT2D eigenvalue weighted by Crippen LogP contribution is -2.31.